The first-order valence-electron chi connectivity index (χ1n) is 9.28. The molecule has 24 heavy (non-hydrogen) atoms. The highest BCUT2D eigenvalue weighted by Gasteiger charge is 2.28. The summed E-state index contributed by atoms with van der Waals surface area (Å²) in [5, 5.41) is 3.65. The molecule has 0 radical (unpaired) electrons. The van der Waals surface area contributed by atoms with Crippen LogP contribution >= 0.6 is 0 Å². The van der Waals surface area contributed by atoms with Crippen molar-refractivity contribution in [1.29, 1.82) is 0 Å². The molecule has 0 spiro atoms. The van der Waals surface area contributed by atoms with Crippen LogP contribution in [-0.4, -0.2) is 22.1 Å². The molecule has 126 valence electrons. The Morgan fingerprint density at radius 3 is 2.67 bits per heavy atom. The van der Waals surface area contributed by atoms with E-state index >= 15 is 0 Å². The summed E-state index contributed by atoms with van der Waals surface area (Å²) in [6.07, 6.45) is 10.8. The lowest BCUT2D eigenvalue weighted by Gasteiger charge is -2.24. The van der Waals surface area contributed by atoms with Crippen molar-refractivity contribution in [3.05, 3.63) is 42.1 Å². The van der Waals surface area contributed by atoms with Gasteiger partial charge in [-0.3, -0.25) is 0 Å². The molecule has 1 fully saturated rings. The van der Waals surface area contributed by atoms with Gasteiger partial charge in [0.25, 0.3) is 0 Å². The first-order chi connectivity index (χ1) is 11.8. The second-order valence-electron chi connectivity index (χ2n) is 7.13. The zero-order valence-corrected chi connectivity index (χ0v) is 14.4. The molecule has 2 aliphatic rings. The monoisotopic (exact) mass is 322 g/mol. The molecule has 2 heterocycles. The molecule has 1 N–H and O–H groups in total. The molecule has 1 atom stereocenters. The third-order valence-corrected chi connectivity index (χ3v) is 5.27. The van der Waals surface area contributed by atoms with Crippen LogP contribution in [0, 0.1) is 0 Å². The second-order valence-corrected chi connectivity index (χ2v) is 7.13. The van der Waals surface area contributed by atoms with E-state index in [1.807, 2.05) is 12.3 Å². The number of benzene rings is 1. The average molecular weight is 322 g/mol. The molecule has 0 amide bonds. The Kier molecular flexibility index (Phi) is 4.37. The lowest BCUT2D eigenvalue weighted by Crippen LogP contribution is -2.26. The first kappa shape index (κ1) is 15.4. The Balaban J connectivity index is 1.56. The number of aromatic nitrogens is 2. The van der Waals surface area contributed by atoms with Gasteiger partial charge in [0.2, 0.25) is 5.95 Å². The smallest absolute Gasteiger partial charge is 0.232 e. The predicted octanol–water partition coefficient (Wildman–Crippen LogP) is 4.69. The number of para-hydroxylation sites is 1. The molecule has 4 heteroatoms. The van der Waals surface area contributed by atoms with Gasteiger partial charge in [0.15, 0.2) is 0 Å². The Morgan fingerprint density at radius 1 is 1.04 bits per heavy atom. The highest BCUT2D eigenvalue weighted by atomic mass is 15.3. The van der Waals surface area contributed by atoms with Gasteiger partial charge < -0.3 is 10.2 Å². The standard InChI is InChI=1S/C20H26N4/c1-15-14-16-8-6-7-11-18(16)24(15)20-21-13-12-19(23-20)22-17-9-4-2-3-5-10-17/h6-8,11-13,15,17H,2-5,9-10,14H2,1H3,(H,21,22,23). The normalized spacial score (nSPS) is 21.4. The summed E-state index contributed by atoms with van der Waals surface area (Å²) in [6, 6.07) is 11.5. The van der Waals surface area contributed by atoms with Gasteiger partial charge in [-0.15, -0.1) is 0 Å². The fourth-order valence-electron chi connectivity index (χ4n) is 4.05. The number of fused-ring (bicyclic) bond motifs is 1. The topological polar surface area (TPSA) is 41.1 Å². The number of nitrogens with one attached hydrogen (secondary N) is 1. The molecule has 1 aliphatic carbocycles. The summed E-state index contributed by atoms with van der Waals surface area (Å²) in [4.78, 5) is 11.7. The van der Waals surface area contributed by atoms with Crippen LogP contribution in [0.1, 0.15) is 51.0 Å². The largest absolute Gasteiger partial charge is 0.367 e. The van der Waals surface area contributed by atoms with E-state index in [9.17, 15) is 0 Å². The molecule has 0 bridgehead atoms. The number of nitrogens with zero attached hydrogens (tertiary/aromatic N) is 3. The Bertz CT molecular complexity index is 692. The molecule has 4 nitrogen and oxygen atoms in total. The molecule has 2 aromatic rings. The SMILES string of the molecule is CC1Cc2ccccc2N1c1nccc(NC2CCCCCC2)n1. The molecule has 1 saturated carbocycles. The van der Waals surface area contributed by atoms with Gasteiger partial charge in [0, 0.05) is 24.0 Å². The molecular weight excluding hydrogens is 296 g/mol. The summed E-state index contributed by atoms with van der Waals surface area (Å²) in [5.41, 5.74) is 2.63. The van der Waals surface area contributed by atoms with Crippen molar-refractivity contribution < 1.29 is 0 Å². The molecule has 1 unspecified atom stereocenters. The van der Waals surface area contributed by atoms with Crippen LogP contribution < -0.4 is 10.2 Å². The first-order valence-corrected chi connectivity index (χ1v) is 9.28. The van der Waals surface area contributed by atoms with E-state index in [4.69, 9.17) is 4.98 Å². The summed E-state index contributed by atoms with van der Waals surface area (Å²) in [5.74, 6) is 1.77. The Labute approximate surface area is 144 Å². The summed E-state index contributed by atoms with van der Waals surface area (Å²) < 4.78 is 0. The quantitative estimate of drug-likeness (QED) is 0.832. The Morgan fingerprint density at radius 2 is 1.83 bits per heavy atom. The number of hydrogen-bond acceptors (Lipinski definition) is 4. The lowest BCUT2D eigenvalue weighted by atomic mass is 10.1. The fourth-order valence-corrected chi connectivity index (χ4v) is 4.05. The van der Waals surface area contributed by atoms with E-state index in [0.29, 0.717) is 12.1 Å². The van der Waals surface area contributed by atoms with E-state index < -0.39 is 0 Å². The van der Waals surface area contributed by atoms with Crippen LogP contribution in [0.25, 0.3) is 0 Å². The van der Waals surface area contributed by atoms with Crippen LogP contribution in [0.15, 0.2) is 36.5 Å². The molecule has 1 aliphatic heterocycles. The van der Waals surface area contributed by atoms with Crippen molar-refractivity contribution in [3.63, 3.8) is 0 Å². The van der Waals surface area contributed by atoms with Gasteiger partial charge in [0.05, 0.1) is 0 Å². The maximum atomic E-state index is 4.83. The summed E-state index contributed by atoms with van der Waals surface area (Å²) in [6.45, 7) is 2.24. The molecule has 0 saturated heterocycles. The zero-order valence-electron chi connectivity index (χ0n) is 14.4. The van der Waals surface area contributed by atoms with Crippen LogP contribution in [-0.2, 0) is 6.42 Å². The minimum Gasteiger partial charge on any atom is -0.367 e. The summed E-state index contributed by atoms with van der Waals surface area (Å²) in [7, 11) is 0. The van der Waals surface area contributed by atoms with Crippen LogP contribution in [0.3, 0.4) is 0 Å². The van der Waals surface area contributed by atoms with Crippen molar-refractivity contribution in [1.82, 2.24) is 9.97 Å². The van der Waals surface area contributed by atoms with Crippen molar-refractivity contribution in [2.45, 2.75) is 64.0 Å². The molecule has 1 aromatic heterocycles. The minimum atomic E-state index is 0.399. The number of anilines is 3. The number of rotatable bonds is 3. The average Bonchev–Trinajstić information content (AvgIpc) is 2.75. The highest BCUT2D eigenvalue weighted by Crippen LogP contribution is 2.36. The molecular formula is C20H26N4. The second kappa shape index (κ2) is 6.80. The van der Waals surface area contributed by atoms with Crippen LogP contribution in [0.2, 0.25) is 0 Å². The fraction of sp³-hybridized carbons (Fsp3) is 0.500. The third-order valence-electron chi connectivity index (χ3n) is 5.27. The maximum Gasteiger partial charge on any atom is 0.232 e. The van der Waals surface area contributed by atoms with E-state index in [1.165, 1.54) is 49.8 Å². The maximum absolute atomic E-state index is 4.83. The van der Waals surface area contributed by atoms with E-state index in [1.54, 1.807) is 0 Å². The molecule has 1 aromatic carbocycles. The van der Waals surface area contributed by atoms with Crippen molar-refractivity contribution >= 4 is 17.5 Å². The van der Waals surface area contributed by atoms with Gasteiger partial charge in [-0.2, -0.15) is 4.98 Å². The van der Waals surface area contributed by atoms with Gasteiger partial charge >= 0.3 is 0 Å². The van der Waals surface area contributed by atoms with Gasteiger partial charge in [0.1, 0.15) is 5.82 Å². The number of hydrogen-bond donors (Lipinski definition) is 1. The van der Waals surface area contributed by atoms with Crippen LogP contribution in [0.4, 0.5) is 17.5 Å². The Hall–Kier alpha value is -2.10. The zero-order chi connectivity index (χ0) is 16.4. The highest BCUT2D eigenvalue weighted by molar-refractivity contribution is 5.67. The minimum absolute atomic E-state index is 0.399. The predicted molar refractivity (Wildman–Crippen MR) is 98.9 cm³/mol. The lowest BCUT2D eigenvalue weighted by molar-refractivity contribution is 0.617. The van der Waals surface area contributed by atoms with Crippen LogP contribution in [0.5, 0.6) is 0 Å². The van der Waals surface area contributed by atoms with E-state index in [2.05, 4.69) is 46.4 Å². The van der Waals surface area contributed by atoms with Gasteiger partial charge in [-0.1, -0.05) is 43.9 Å². The summed E-state index contributed by atoms with van der Waals surface area (Å²) >= 11 is 0. The van der Waals surface area contributed by atoms with Crippen molar-refractivity contribution in [3.8, 4) is 0 Å². The molecule has 4 rings (SSSR count). The van der Waals surface area contributed by atoms with Gasteiger partial charge in [-0.05, 0) is 43.9 Å². The van der Waals surface area contributed by atoms with E-state index in [0.717, 1.165) is 18.2 Å². The third kappa shape index (κ3) is 3.10. The van der Waals surface area contributed by atoms with Crippen molar-refractivity contribution in [2.24, 2.45) is 0 Å². The van der Waals surface area contributed by atoms with Gasteiger partial charge in [-0.25, -0.2) is 4.98 Å². The van der Waals surface area contributed by atoms with E-state index in [-0.39, 0.29) is 0 Å². The van der Waals surface area contributed by atoms with Crippen molar-refractivity contribution in [2.75, 3.05) is 10.2 Å².